The molecule has 5 aliphatic rings. The Labute approximate surface area is 189 Å². The fourth-order valence-corrected chi connectivity index (χ4v) is 6.94. The fraction of sp³-hybridized carbons (Fsp3) is 0.960. The summed E-state index contributed by atoms with van der Waals surface area (Å²) in [6.45, 7) is 17.0. The Balaban J connectivity index is 0.000000166. The van der Waals surface area contributed by atoms with Gasteiger partial charge in [0.25, 0.3) is 0 Å². The largest absolute Gasteiger partial charge is 0.379 e. The third-order valence-corrected chi connectivity index (χ3v) is 8.91. The molecule has 0 aromatic rings. The number of Topliss-reactive ketones (excluding diaryl/α,β-unsaturated/α-hetero) is 1. The molecule has 0 aromatic heterocycles. The van der Waals surface area contributed by atoms with E-state index in [0.717, 1.165) is 65.5 Å². The highest BCUT2D eigenvalue weighted by atomic mass is 16.5. The molecule has 6 nitrogen and oxygen atoms in total. The van der Waals surface area contributed by atoms with Crippen LogP contribution in [0.15, 0.2) is 0 Å². The van der Waals surface area contributed by atoms with Crippen molar-refractivity contribution in [2.45, 2.75) is 82.9 Å². The summed E-state index contributed by atoms with van der Waals surface area (Å²) in [7, 11) is 0. The van der Waals surface area contributed by atoms with Gasteiger partial charge in [0.2, 0.25) is 0 Å². The Morgan fingerprint density at radius 3 is 2.52 bits per heavy atom. The van der Waals surface area contributed by atoms with Crippen molar-refractivity contribution in [2.75, 3.05) is 65.6 Å². The summed E-state index contributed by atoms with van der Waals surface area (Å²) in [4.78, 5) is 18.9. The predicted molar refractivity (Wildman–Crippen MR) is 123 cm³/mol. The van der Waals surface area contributed by atoms with Gasteiger partial charge in [0.15, 0.2) is 0 Å². The van der Waals surface area contributed by atoms with Crippen molar-refractivity contribution in [2.24, 2.45) is 5.92 Å². The SMILES string of the molecule is CC(C)C12CCCN1CC(=O)C2.CCC12CCCN1CC(OCCN1CCOCC1)C2. The molecule has 5 saturated heterocycles. The third-order valence-electron chi connectivity index (χ3n) is 8.91. The lowest BCUT2D eigenvalue weighted by Crippen LogP contribution is -2.42. The molecule has 5 heterocycles. The molecular formula is C25H45N3O3. The zero-order valence-corrected chi connectivity index (χ0v) is 20.2. The van der Waals surface area contributed by atoms with Crippen LogP contribution >= 0.6 is 0 Å². The molecule has 5 aliphatic heterocycles. The summed E-state index contributed by atoms with van der Waals surface area (Å²) < 4.78 is 11.5. The van der Waals surface area contributed by atoms with Crippen molar-refractivity contribution in [3.8, 4) is 0 Å². The quantitative estimate of drug-likeness (QED) is 0.639. The maximum atomic E-state index is 11.3. The van der Waals surface area contributed by atoms with E-state index in [4.69, 9.17) is 9.47 Å². The van der Waals surface area contributed by atoms with Crippen LogP contribution in [0.3, 0.4) is 0 Å². The normalized spacial score (nSPS) is 36.6. The molecule has 0 aliphatic carbocycles. The van der Waals surface area contributed by atoms with Gasteiger partial charge in [-0.15, -0.1) is 0 Å². The number of ketones is 1. The molecule has 0 aromatic carbocycles. The summed E-state index contributed by atoms with van der Waals surface area (Å²) in [6, 6.07) is 0. The zero-order chi connectivity index (χ0) is 21.9. The van der Waals surface area contributed by atoms with Gasteiger partial charge in [0.1, 0.15) is 5.78 Å². The van der Waals surface area contributed by atoms with E-state index in [1.165, 1.54) is 45.1 Å². The van der Waals surface area contributed by atoms with E-state index in [0.29, 0.717) is 23.3 Å². The topological polar surface area (TPSA) is 45.2 Å². The average Bonchev–Trinajstić information content (AvgIpc) is 3.48. The maximum Gasteiger partial charge on any atom is 0.148 e. The van der Waals surface area contributed by atoms with Crippen LogP contribution in [0.1, 0.15) is 65.7 Å². The van der Waals surface area contributed by atoms with Crippen molar-refractivity contribution >= 4 is 5.78 Å². The van der Waals surface area contributed by atoms with Crippen LogP contribution in [0.2, 0.25) is 0 Å². The van der Waals surface area contributed by atoms with Crippen LogP contribution in [0, 0.1) is 5.92 Å². The Morgan fingerprint density at radius 1 is 1.10 bits per heavy atom. The average molecular weight is 436 g/mol. The van der Waals surface area contributed by atoms with Crippen molar-refractivity contribution in [1.82, 2.24) is 14.7 Å². The molecule has 5 rings (SSSR count). The zero-order valence-electron chi connectivity index (χ0n) is 20.2. The minimum absolute atomic E-state index is 0.261. The first-order chi connectivity index (χ1) is 15.0. The molecule has 3 atom stereocenters. The lowest BCUT2D eigenvalue weighted by Gasteiger charge is -2.35. The summed E-state index contributed by atoms with van der Waals surface area (Å²) in [5.74, 6) is 1.08. The molecule has 0 amide bonds. The van der Waals surface area contributed by atoms with E-state index in [2.05, 4.69) is 35.5 Å². The summed E-state index contributed by atoms with van der Waals surface area (Å²) >= 11 is 0. The number of fused-ring (bicyclic) bond motifs is 2. The highest BCUT2D eigenvalue weighted by molar-refractivity contribution is 5.84. The van der Waals surface area contributed by atoms with Gasteiger partial charge >= 0.3 is 0 Å². The number of carbonyl (C=O) groups is 1. The standard InChI is InChI=1S/C15H28N2O2.C10H17NO/c1-2-15-4-3-5-17(15)13-14(12-15)19-11-8-16-6-9-18-10-7-16;1-8(2)10-4-3-5-11(10)7-9(12)6-10/h14H,2-13H2,1H3;8H,3-7H2,1-2H3. The lowest BCUT2D eigenvalue weighted by molar-refractivity contribution is -0.117. The Morgan fingerprint density at radius 2 is 1.84 bits per heavy atom. The molecule has 178 valence electrons. The van der Waals surface area contributed by atoms with Gasteiger partial charge in [-0.3, -0.25) is 19.5 Å². The number of hydrogen-bond donors (Lipinski definition) is 0. The van der Waals surface area contributed by atoms with Crippen molar-refractivity contribution in [3.05, 3.63) is 0 Å². The Kier molecular flexibility index (Phi) is 7.75. The highest BCUT2D eigenvalue weighted by Gasteiger charge is 2.49. The van der Waals surface area contributed by atoms with E-state index < -0.39 is 0 Å². The number of nitrogens with zero attached hydrogens (tertiary/aromatic N) is 3. The second-order valence-electron chi connectivity index (χ2n) is 10.8. The van der Waals surface area contributed by atoms with Gasteiger partial charge in [-0.1, -0.05) is 20.8 Å². The van der Waals surface area contributed by atoms with E-state index in [-0.39, 0.29) is 5.54 Å². The molecular weight excluding hydrogens is 390 g/mol. The van der Waals surface area contributed by atoms with Gasteiger partial charge in [-0.05, 0) is 57.5 Å². The van der Waals surface area contributed by atoms with Gasteiger partial charge in [0, 0.05) is 43.7 Å². The molecule has 0 saturated carbocycles. The first kappa shape index (κ1) is 23.6. The number of carbonyl (C=O) groups excluding carboxylic acids is 1. The van der Waals surface area contributed by atoms with E-state index in [1.54, 1.807) is 0 Å². The highest BCUT2D eigenvalue weighted by Crippen LogP contribution is 2.43. The molecule has 5 fully saturated rings. The molecule has 0 bridgehead atoms. The molecule has 0 N–H and O–H groups in total. The molecule has 31 heavy (non-hydrogen) atoms. The maximum absolute atomic E-state index is 11.3. The molecule has 0 radical (unpaired) electrons. The molecule has 6 heteroatoms. The van der Waals surface area contributed by atoms with Crippen molar-refractivity contribution in [1.29, 1.82) is 0 Å². The van der Waals surface area contributed by atoms with Crippen LogP contribution in [0.4, 0.5) is 0 Å². The van der Waals surface area contributed by atoms with Crippen LogP contribution in [0.5, 0.6) is 0 Å². The minimum atomic E-state index is 0.261. The predicted octanol–water partition coefficient (Wildman–Crippen LogP) is 2.80. The summed E-state index contributed by atoms with van der Waals surface area (Å²) in [5, 5.41) is 0. The summed E-state index contributed by atoms with van der Waals surface area (Å²) in [6.07, 6.45) is 9.11. The van der Waals surface area contributed by atoms with Gasteiger partial charge in [0.05, 0.1) is 32.5 Å². The number of ether oxygens (including phenoxy) is 2. The van der Waals surface area contributed by atoms with E-state index in [1.807, 2.05) is 0 Å². The fourth-order valence-electron chi connectivity index (χ4n) is 6.94. The van der Waals surface area contributed by atoms with Gasteiger partial charge in [-0.25, -0.2) is 0 Å². The van der Waals surface area contributed by atoms with Crippen LogP contribution in [0.25, 0.3) is 0 Å². The Bertz CT molecular complexity index is 609. The lowest BCUT2D eigenvalue weighted by atomic mass is 9.82. The summed E-state index contributed by atoms with van der Waals surface area (Å²) in [5.41, 5.74) is 0.751. The van der Waals surface area contributed by atoms with Crippen LogP contribution in [-0.4, -0.2) is 103 Å². The van der Waals surface area contributed by atoms with E-state index in [9.17, 15) is 4.79 Å². The van der Waals surface area contributed by atoms with Crippen LogP contribution < -0.4 is 0 Å². The minimum Gasteiger partial charge on any atom is -0.379 e. The Hall–Kier alpha value is -0.530. The third kappa shape index (κ3) is 5.03. The van der Waals surface area contributed by atoms with Crippen LogP contribution in [-0.2, 0) is 14.3 Å². The van der Waals surface area contributed by atoms with Crippen molar-refractivity contribution < 1.29 is 14.3 Å². The first-order valence-electron chi connectivity index (χ1n) is 12.9. The van der Waals surface area contributed by atoms with Gasteiger partial charge < -0.3 is 9.47 Å². The van der Waals surface area contributed by atoms with Crippen molar-refractivity contribution in [3.63, 3.8) is 0 Å². The second-order valence-corrected chi connectivity index (χ2v) is 10.8. The number of rotatable bonds is 6. The van der Waals surface area contributed by atoms with E-state index >= 15 is 0 Å². The second kappa shape index (κ2) is 10.2. The molecule has 0 spiro atoms. The van der Waals surface area contributed by atoms with Gasteiger partial charge in [-0.2, -0.15) is 0 Å². The molecule has 3 unspecified atom stereocenters. The smallest absolute Gasteiger partial charge is 0.148 e. The first-order valence-corrected chi connectivity index (χ1v) is 12.9. The monoisotopic (exact) mass is 435 g/mol. The number of morpholine rings is 1. The number of hydrogen-bond acceptors (Lipinski definition) is 6.